The van der Waals surface area contributed by atoms with Crippen molar-refractivity contribution in [2.75, 3.05) is 17.4 Å². The lowest BCUT2D eigenvalue weighted by molar-refractivity contribution is -0.140. The second-order valence-corrected chi connectivity index (χ2v) is 13.6. The first-order valence-corrected chi connectivity index (χ1v) is 17.0. The third-order valence-corrected chi connectivity index (χ3v) is 9.87. The number of hydrogen-bond acceptors (Lipinski definition) is 4. The Labute approximate surface area is 279 Å². The highest BCUT2D eigenvalue weighted by molar-refractivity contribution is 7.92. The van der Waals surface area contributed by atoms with Gasteiger partial charge in [-0.05, 0) is 60.9 Å². The zero-order valence-electron chi connectivity index (χ0n) is 24.9. The summed E-state index contributed by atoms with van der Waals surface area (Å²) < 4.78 is 29.2. The predicted molar refractivity (Wildman–Crippen MR) is 181 cm³/mol. The van der Waals surface area contributed by atoms with Crippen LogP contribution in [0.3, 0.4) is 0 Å². The lowest BCUT2D eigenvalue weighted by Gasteiger charge is -2.34. The molecular weight excluding hydrogens is 653 g/mol. The normalized spacial score (nSPS) is 11.9. The molecule has 0 aromatic heterocycles. The van der Waals surface area contributed by atoms with Crippen LogP contribution < -0.4 is 9.62 Å². The highest BCUT2D eigenvalue weighted by atomic mass is 35.5. The highest BCUT2D eigenvalue weighted by Crippen LogP contribution is 2.31. The molecule has 0 fully saturated rings. The molecule has 7 nitrogen and oxygen atoms in total. The molecule has 0 aliphatic heterocycles. The summed E-state index contributed by atoms with van der Waals surface area (Å²) in [5.41, 5.74) is 2.38. The number of nitrogens with one attached hydrogen (secondary N) is 1. The Hall–Kier alpha value is -3.56. The average Bonchev–Trinajstić information content (AvgIpc) is 3.02. The van der Waals surface area contributed by atoms with Crippen LogP contribution >= 0.6 is 34.8 Å². The van der Waals surface area contributed by atoms with Gasteiger partial charge >= 0.3 is 0 Å². The number of rotatable bonds is 13. The van der Waals surface area contributed by atoms with Crippen molar-refractivity contribution < 1.29 is 18.0 Å². The third-order valence-electron chi connectivity index (χ3n) is 7.19. The van der Waals surface area contributed by atoms with Crippen molar-refractivity contribution in [3.05, 3.63) is 129 Å². The molecule has 4 aromatic rings. The summed E-state index contributed by atoms with van der Waals surface area (Å²) in [4.78, 5) is 29.6. The largest absolute Gasteiger partial charge is 0.354 e. The first-order chi connectivity index (χ1) is 21.5. The summed E-state index contributed by atoms with van der Waals surface area (Å²) in [6.07, 6.45) is 0.875. The summed E-state index contributed by atoms with van der Waals surface area (Å²) in [5.74, 6) is -0.992. The summed E-state index contributed by atoms with van der Waals surface area (Å²) in [6, 6.07) is 26.0. The van der Waals surface area contributed by atoms with Gasteiger partial charge in [0.2, 0.25) is 11.8 Å². The van der Waals surface area contributed by atoms with E-state index < -0.39 is 28.5 Å². The molecule has 0 spiro atoms. The number of nitrogens with zero attached hydrogens (tertiary/aromatic N) is 2. The number of benzene rings is 4. The van der Waals surface area contributed by atoms with Gasteiger partial charge in [-0.25, -0.2) is 8.42 Å². The molecule has 0 bridgehead atoms. The van der Waals surface area contributed by atoms with E-state index in [4.69, 9.17) is 34.8 Å². The van der Waals surface area contributed by atoms with Crippen LogP contribution in [0.4, 0.5) is 5.69 Å². The van der Waals surface area contributed by atoms with Crippen LogP contribution in [0.15, 0.2) is 102 Å². The zero-order chi connectivity index (χ0) is 32.6. The molecule has 1 N–H and O–H groups in total. The SMILES string of the molecule is CCCNC(=O)[C@@H](Cc1ccccc1)N(Cc1ccc(Cl)cc1Cl)C(=O)CN(c1ccccc1Cl)S(=O)(=O)c1ccc(C)cc1. The Morgan fingerprint density at radius 2 is 1.51 bits per heavy atom. The van der Waals surface area contributed by atoms with Crippen LogP contribution in [0, 0.1) is 6.92 Å². The highest BCUT2D eigenvalue weighted by Gasteiger charge is 2.35. The Bertz CT molecular complexity index is 1740. The van der Waals surface area contributed by atoms with E-state index in [1.54, 1.807) is 48.5 Å². The van der Waals surface area contributed by atoms with Crippen molar-refractivity contribution in [1.29, 1.82) is 0 Å². The molecule has 2 amide bonds. The van der Waals surface area contributed by atoms with E-state index in [2.05, 4.69) is 5.32 Å². The number of halogens is 3. The average molecular weight is 687 g/mol. The van der Waals surface area contributed by atoms with Crippen LogP contribution in [0.2, 0.25) is 15.1 Å². The van der Waals surface area contributed by atoms with Gasteiger partial charge < -0.3 is 10.2 Å². The van der Waals surface area contributed by atoms with E-state index in [0.717, 1.165) is 15.4 Å². The molecule has 0 unspecified atom stereocenters. The molecule has 11 heteroatoms. The van der Waals surface area contributed by atoms with Gasteiger partial charge in [-0.3, -0.25) is 13.9 Å². The van der Waals surface area contributed by atoms with Crippen molar-refractivity contribution >= 4 is 62.3 Å². The van der Waals surface area contributed by atoms with E-state index in [1.165, 1.54) is 23.1 Å². The molecule has 0 radical (unpaired) electrons. The van der Waals surface area contributed by atoms with Gasteiger partial charge in [-0.1, -0.05) is 108 Å². The minimum Gasteiger partial charge on any atom is -0.354 e. The van der Waals surface area contributed by atoms with Crippen molar-refractivity contribution in [2.24, 2.45) is 0 Å². The molecule has 0 aliphatic carbocycles. The first-order valence-electron chi connectivity index (χ1n) is 14.4. The van der Waals surface area contributed by atoms with Gasteiger partial charge in [0.15, 0.2) is 0 Å². The van der Waals surface area contributed by atoms with Crippen molar-refractivity contribution in [3.8, 4) is 0 Å². The van der Waals surface area contributed by atoms with E-state index in [9.17, 15) is 18.0 Å². The minimum atomic E-state index is -4.27. The van der Waals surface area contributed by atoms with Gasteiger partial charge in [0.25, 0.3) is 10.0 Å². The van der Waals surface area contributed by atoms with E-state index >= 15 is 0 Å². The second kappa shape index (κ2) is 15.6. The Morgan fingerprint density at radius 3 is 2.16 bits per heavy atom. The molecule has 0 saturated carbocycles. The minimum absolute atomic E-state index is 0.00496. The summed E-state index contributed by atoms with van der Waals surface area (Å²) in [7, 11) is -4.27. The number of carbonyl (C=O) groups is 2. The van der Waals surface area contributed by atoms with E-state index in [1.807, 2.05) is 44.2 Å². The summed E-state index contributed by atoms with van der Waals surface area (Å²) in [5, 5.41) is 3.78. The van der Waals surface area contributed by atoms with Gasteiger partial charge in [-0.2, -0.15) is 0 Å². The second-order valence-electron chi connectivity index (χ2n) is 10.5. The number of aryl methyl sites for hydroxylation is 1. The summed E-state index contributed by atoms with van der Waals surface area (Å²) >= 11 is 19.2. The number of sulfonamides is 1. The van der Waals surface area contributed by atoms with Crippen molar-refractivity contribution in [2.45, 2.75) is 44.2 Å². The third kappa shape index (κ3) is 8.79. The maximum absolute atomic E-state index is 14.5. The zero-order valence-corrected chi connectivity index (χ0v) is 28.0. The molecule has 1 atom stereocenters. The van der Waals surface area contributed by atoms with Gasteiger partial charge in [0, 0.05) is 29.6 Å². The van der Waals surface area contributed by atoms with Gasteiger partial charge in [-0.15, -0.1) is 0 Å². The monoisotopic (exact) mass is 685 g/mol. The number of para-hydroxylation sites is 1. The molecule has 4 rings (SSSR count). The maximum Gasteiger partial charge on any atom is 0.264 e. The molecule has 0 heterocycles. The molecule has 45 heavy (non-hydrogen) atoms. The van der Waals surface area contributed by atoms with Crippen molar-refractivity contribution in [3.63, 3.8) is 0 Å². The number of anilines is 1. The molecule has 4 aromatic carbocycles. The first kappa shape index (κ1) is 34.3. The van der Waals surface area contributed by atoms with Crippen LogP contribution in [-0.2, 0) is 32.6 Å². The van der Waals surface area contributed by atoms with Gasteiger partial charge in [0.1, 0.15) is 12.6 Å². The molecular formula is C34H34Cl3N3O4S. The fourth-order valence-electron chi connectivity index (χ4n) is 4.76. The smallest absolute Gasteiger partial charge is 0.264 e. The van der Waals surface area contributed by atoms with Crippen LogP contribution in [-0.4, -0.2) is 44.3 Å². The van der Waals surface area contributed by atoms with E-state index in [0.29, 0.717) is 28.6 Å². The summed E-state index contributed by atoms with van der Waals surface area (Å²) in [6.45, 7) is 3.48. The fraction of sp³-hybridized carbons (Fsp3) is 0.235. The lowest BCUT2D eigenvalue weighted by atomic mass is 10.0. The molecule has 236 valence electrons. The number of amides is 2. The number of hydrogen-bond donors (Lipinski definition) is 1. The van der Waals surface area contributed by atoms with E-state index in [-0.39, 0.29) is 34.5 Å². The predicted octanol–water partition coefficient (Wildman–Crippen LogP) is 7.32. The lowest BCUT2D eigenvalue weighted by Crippen LogP contribution is -2.53. The van der Waals surface area contributed by atoms with Gasteiger partial charge in [0.05, 0.1) is 15.6 Å². The van der Waals surface area contributed by atoms with Crippen LogP contribution in [0.5, 0.6) is 0 Å². The Balaban J connectivity index is 1.82. The van der Waals surface area contributed by atoms with Crippen LogP contribution in [0.1, 0.15) is 30.0 Å². The standard InChI is InChI=1S/C34H34Cl3N3O4S/c1-3-19-38-34(42)32(20-25-9-5-4-6-10-25)39(22-26-15-16-27(35)21-30(26)37)33(41)23-40(31-12-8-7-11-29(31)36)45(43,44)28-17-13-24(2)14-18-28/h4-18,21,32H,3,19-20,22-23H2,1-2H3,(H,38,42)/t32-/m1/s1. The Morgan fingerprint density at radius 1 is 0.844 bits per heavy atom. The Kier molecular flexibility index (Phi) is 11.9. The molecule has 0 aliphatic rings. The quantitative estimate of drug-likeness (QED) is 0.160. The number of carbonyl (C=O) groups excluding carboxylic acids is 2. The maximum atomic E-state index is 14.5. The fourth-order valence-corrected chi connectivity index (χ4v) is 6.95. The van der Waals surface area contributed by atoms with Crippen LogP contribution in [0.25, 0.3) is 0 Å². The van der Waals surface area contributed by atoms with Crippen molar-refractivity contribution in [1.82, 2.24) is 10.2 Å². The molecule has 0 saturated heterocycles. The topological polar surface area (TPSA) is 86.8 Å².